The summed E-state index contributed by atoms with van der Waals surface area (Å²) in [6.07, 6.45) is 8.40. The van der Waals surface area contributed by atoms with Crippen molar-refractivity contribution >= 4 is 40.1 Å². The predicted molar refractivity (Wildman–Crippen MR) is 134 cm³/mol. The molecule has 33 heavy (non-hydrogen) atoms. The van der Waals surface area contributed by atoms with Gasteiger partial charge in [-0.25, -0.2) is 0 Å². The van der Waals surface area contributed by atoms with E-state index in [1.54, 1.807) is 13.2 Å². The standard InChI is InChI=1S/C25H28ClN3O3S/c1-3-4-5-6-15-32-21-13-9-18(16-22(21)31-2)10-14-23(30)27-25-29-28-24(33-25)17-19-7-11-20(26)12-8-19/h7-14,16H,3-6,15,17H2,1-2H3,(H,27,29,30)/b14-10+. The average molecular weight is 486 g/mol. The fourth-order valence-corrected chi connectivity index (χ4v) is 3.99. The third kappa shape index (κ3) is 8.18. The Morgan fingerprint density at radius 1 is 1.09 bits per heavy atom. The maximum atomic E-state index is 12.3. The zero-order valence-electron chi connectivity index (χ0n) is 18.8. The normalized spacial score (nSPS) is 11.0. The van der Waals surface area contributed by atoms with Crippen molar-refractivity contribution in [2.24, 2.45) is 0 Å². The van der Waals surface area contributed by atoms with Crippen molar-refractivity contribution in [1.82, 2.24) is 10.2 Å². The number of aromatic nitrogens is 2. The van der Waals surface area contributed by atoms with Crippen LogP contribution >= 0.6 is 22.9 Å². The fourth-order valence-electron chi connectivity index (χ4n) is 3.09. The monoisotopic (exact) mass is 485 g/mol. The summed E-state index contributed by atoms with van der Waals surface area (Å²) in [5.74, 6) is 1.07. The van der Waals surface area contributed by atoms with Gasteiger partial charge >= 0.3 is 0 Å². The highest BCUT2D eigenvalue weighted by Crippen LogP contribution is 2.29. The van der Waals surface area contributed by atoms with E-state index in [2.05, 4.69) is 22.4 Å². The van der Waals surface area contributed by atoms with Crippen LogP contribution in [0, 0.1) is 0 Å². The van der Waals surface area contributed by atoms with Crippen LogP contribution in [-0.2, 0) is 11.2 Å². The van der Waals surface area contributed by atoms with Gasteiger partial charge in [-0.05, 0) is 47.9 Å². The molecule has 0 aliphatic rings. The third-order valence-corrected chi connectivity index (χ3v) is 5.93. The van der Waals surface area contributed by atoms with Crippen LogP contribution in [0.3, 0.4) is 0 Å². The van der Waals surface area contributed by atoms with E-state index in [0.717, 1.165) is 29.0 Å². The number of ether oxygens (including phenoxy) is 2. The topological polar surface area (TPSA) is 73.3 Å². The number of nitrogens with zero attached hydrogens (tertiary/aromatic N) is 2. The van der Waals surface area contributed by atoms with E-state index < -0.39 is 0 Å². The van der Waals surface area contributed by atoms with Crippen LogP contribution in [0.1, 0.15) is 48.7 Å². The Labute approximate surface area is 203 Å². The van der Waals surface area contributed by atoms with Gasteiger partial charge in [0, 0.05) is 17.5 Å². The Kier molecular flexibility index (Phi) is 9.72. The van der Waals surface area contributed by atoms with Crippen LogP contribution in [0.4, 0.5) is 5.13 Å². The van der Waals surface area contributed by atoms with E-state index >= 15 is 0 Å². The van der Waals surface area contributed by atoms with Gasteiger partial charge in [0.05, 0.1) is 13.7 Å². The molecule has 0 radical (unpaired) electrons. The second-order valence-electron chi connectivity index (χ2n) is 7.45. The number of amides is 1. The lowest BCUT2D eigenvalue weighted by Crippen LogP contribution is -2.07. The minimum absolute atomic E-state index is 0.278. The first-order valence-corrected chi connectivity index (χ1v) is 12.1. The second-order valence-corrected chi connectivity index (χ2v) is 8.94. The molecular weight excluding hydrogens is 458 g/mol. The van der Waals surface area contributed by atoms with E-state index in [1.807, 2.05) is 42.5 Å². The molecular formula is C25H28ClN3O3S. The van der Waals surface area contributed by atoms with Crippen LogP contribution in [0.5, 0.6) is 11.5 Å². The van der Waals surface area contributed by atoms with Gasteiger partial charge in [0.1, 0.15) is 5.01 Å². The van der Waals surface area contributed by atoms with E-state index in [-0.39, 0.29) is 5.91 Å². The maximum absolute atomic E-state index is 12.3. The molecule has 0 aliphatic carbocycles. The molecule has 3 rings (SSSR count). The Hall–Kier alpha value is -2.90. The average Bonchev–Trinajstić information content (AvgIpc) is 3.26. The number of hydrogen-bond acceptors (Lipinski definition) is 6. The highest BCUT2D eigenvalue weighted by Gasteiger charge is 2.08. The van der Waals surface area contributed by atoms with E-state index in [1.165, 1.54) is 30.3 Å². The van der Waals surface area contributed by atoms with Gasteiger partial charge in [-0.1, -0.05) is 67.3 Å². The summed E-state index contributed by atoms with van der Waals surface area (Å²) in [5, 5.41) is 12.9. The lowest BCUT2D eigenvalue weighted by atomic mass is 10.2. The molecule has 0 aliphatic heterocycles. The van der Waals surface area contributed by atoms with Crippen LogP contribution in [-0.4, -0.2) is 29.8 Å². The summed E-state index contributed by atoms with van der Waals surface area (Å²) in [4.78, 5) is 12.3. The highest BCUT2D eigenvalue weighted by atomic mass is 35.5. The molecule has 0 unspecified atom stereocenters. The zero-order chi connectivity index (χ0) is 23.5. The maximum Gasteiger partial charge on any atom is 0.250 e. The summed E-state index contributed by atoms with van der Waals surface area (Å²) in [7, 11) is 1.61. The van der Waals surface area contributed by atoms with Crippen molar-refractivity contribution in [1.29, 1.82) is 0 Å². The first-order valence-electron chi connectivity index (χ1n) is 10.9. The predicted octanol–water partition coefficient (Wildman–Crippen LogP) is 6.40. The lowest BCUT2D eigenvalue weighted by molar-refractivity contribution is -0.111. The number of hydrogen-bond donors (Lipinski definition) is 1. The highest BCUT2D eigenvalue weighted by molar-refractivity contribution is 7.15. The number of unbranched alkanes of at least 4 members (excludes halogenated alkanes) is 3. The van der Waals surface area contributed by atoms with Crippen molar-refractivity contribution < 1.29 is 14.3 Å². The molecule has 0 saturated carbocycles. The van der Waals surface area contributed by atoms with Crippen LogP contribution in [0.2, 0.25) is 5.02 Å². The summed E-state index contributed by atoms with van der Waals surface area (Å²) in [6, 6.07) is 13.2. The van der Waals surface area contributed by atoms with Crippen LogP contribution in [0.25, 0.3) is 6.08 Å². The van der Waals surface area contributed by atoms with Crippen molar-refractivity contribution in [2.45, 2.75) is 39.0 Å². The molecule has 1 aromatic heterocycles. The van der Waals surface area contributed by atoms with Gasteiger partial charge in [0.15, 0.2) is 11.5 Å². The van der Waals surface area contributed by atoms with Crippen LogP contribution < -0.4 is 14.8 Å². The Bertz CT molecular complexity index is 1070. The first-order chi connectivity index (χ1) is 16.1. The van der Waals surface area contributed by atoms with Crippen molar-refractivity contribution in [3.05, 3.63) is 69.7 Å². The number of nitrogens with one attached hydrogen (secondary N) is 1. The number of carbonyl (C=O) groups is 1. The van der Waals surface area contributed by atoms with Gasteiger partial charge in [-0.3, -0.25) is 10.1 Å². The van der Waals surface area contributed by atoms with Gasteiger partial charge in [0.25, 0.3) is 0 Å². The second kappa shape index (κ2) is 13.0. The number of halogens is 1. The molecule has 174 valence electrons. The number of rotatable bonds is 12. The van der Waals surface area contributed by atoms with Gasteiger partial charge in [-0.2, -0.15) is 0 Å². The molecule has 1 N–H and O–H groups in total. The Morgan fingerprint density at radius 3 is 2.67 bits per heavy atom. The van der Waals surface area contributed by atoms with Crippen molar-refractivity contribution in [2.75, 3.05) is 19.0 Å². The van der Waals surface area contributed by atoms with Gasteiger partial charge in [-0.15, -0.1) is 10.2 Å². The molecule has 0 bridgehead atoms. The summed E-state index contributed by atoms with van der Waals surface area (Å²) < 4.78 is 11.3. The van der Waals surface area contributed by atoms with Crippen LogP contribution in [0.15, 0.2) is 48.5 Å². The summed E-state index contributed by atoms with van der Waals surface area (Å²) >= 11 is 7.26. The molecule has 0 saturated heterocycles. The molecule has 2 aromatic carbocycles. The third-order valence-electron chi connectivity index (χ3n) is 4.84. The van der Waals surface area contributed by atoms with E-state index in [9.17, 15) is 4.79 Å². The lowest BCUT2D eigenvalue weighted by Gasteiger charge is -2.11. The molecule has 0 fully saturated rings. The molecule has 1 heterocycles. The molecule has 0 spiro atoms. The van der Waals surface area contributed by atoms with Crippen molar-refractivity contribution in [3.8, 4) is 11.5 Å². The summed E-state index contributed by atoms with van der Waals surface area (Å²) in [5.41, 5.74) is 1.91. The minimum Gasteiger partial charge on any atom is -0.493 e. The minimum atomic E-state index is -0.278. The quantitative estimate of drug-likeness (QED) is 0.237. The smallest absolute Gasteiger partial charge is 0.250 e. The van der Waals surface area contributed by atoms with Gasteiger partial charge < -0.3 is 9.47 Å². The fraction of sp³-hybridized carbons (Fsp3) is 0.320. The summed E-state index contributed by atoms with van der Waals surface area (Å²) in [6.45, 7) is 2.85. The van der Waals surface area contributed by atoms with E-state index in [4.69, 9.17) is 21.1 Å². The Balaban J connectivity index is 1.52. The molecule has 8 heteroatoms. The molecule has 1 amide bonds. The molecule has 0 atom stereocenters. The Morgan fingerprint density at radius 2 is 1.91 bits per heavy atom. The largest absolute Gasteiger partial charge is 0.493 e. The first kappa shape index (κ1) is 24.7. The SMILES string of the molecule is CCCCCCOc1ccc(/C=C/C(=O)Nc2nnc(Cc3ccc(Cl)cc3)s2)cc1OC. The van der Waals surface area contributed by atoms with Gasteiger partial charge in [0.2, 0.25) is 11.0 Å². The zero-order valence-corrected chi connectivity index (χ0v) is 20.4. The van der Waals surface area contributed by atoms with E-state index in [0.29, 0.717) is 34.7 Å². The molecule has 6 nitrogen and oxygen atoms in total. The van der Waals surface area contributed by atoms with Crippen molar-refractivity contribution in [3.63, 3.8) is 0 Å². The number of methoxy groups -OCH3 is 1. The molecule has 3 aromatic rings. The number of carbonyl (C=O) groups excluding carboxylic acids is 1. The number of anilines is 1. The number of benzene rings is 2.